The monoisotopic (exact) mass is 275 g/mol. The van der Waals surface area contributed by atoms with Crippen LogP contribution in [0.2, 0.25) is 0 Å². The number of hydrogen-bond acceptors (Lipinski definition) is 3. The average Bonchev–Trinajstić information content (AvgIpc) is 3.04. The van der Waals surface area contributed by atoms with Crippen LogP contribution in [-0.4, -0.2) is 9.78 Å². The SMILES string of the molecule is CCc1ccc(CNC2CCCc3c2cnn3C)s1. The Hall–Kier alpha value is -1.13. The van der Waals surface area contributed by atoms with Crippen LogP contribution in [-0.2, 0) is 26.4 Å². The first kappa shape index (κ1) is 12.9. The summed E-state index contributed by atoms with van der Waals surface area (Å²) in [6, 6.07) is 4.98. The highest BCUT2D eigenvalue weighted by Gasteiger charge is 2.22. The Labute approximate surface area is 118 Å². The average molecular weight is 275 g/mol. The van der Waals surface area contributed by atoms with Crippen LogP contribution in [0.4, 0.5) is 0 Å². The topological polar surface area (TPSA) is 29.9 Å². The minimum absolute atomic E-state index is 0.477. The zero-order chi connectivity index (χ0) is 13.2. The summed E-state index contributed by atoms with van der Waals surface area (Å²) < 4.78 is 2.03. The van der Waals surface area contributed by atoms with Gasteiger partial charge in [0.2, 0.25) is 0 Å². The molecule has 0 saturated heterocycles. The van der Waals surface area contributed by atoms with Gasteiger partial charge in [-0.3, -0.25) is 4.68 Å². The molecule has 1 unspecified atom stereocenters. The lowest BCUT2D eigenvalue weighted by Crippen LogP contribution is -2.24. The van der Waals surface area contributed by atoms with Crippen molar-refractivity contribution >= 4 is 11.3 Å². The molecule has 0 radical (unpaired) electrons. The summed E-state index contributed by atoms with van der Waals surface area (Å²) in [5.41, 5.74) is 2.81. The van der Waals surface area contributed by atoms with Gasteiger partial charge in [0.05, 0.1) is 6.20 Å². The second kappa shape index (κ2) is 5.47. The first-order valence-electron chi connectivity index (χ1n) is 7.09. The lowest BCUT2D eigenvalue weighted by atomic mass is 9.93. The van der Waals surface area contributed by atoms with Crippen molar-refractivity contribution in [2.45, 2.75) is 45.2 Å². The van der Waals surface area contributed by atoms with Crippen molar-refractivity contribution < 1.29 is 0 Å². The molecule has 0 aromatic carbocycles. The highest BCUT2D eigenvalue weighted by atomic mass is 32.1. The van der Waals surface area contributed by atoms with Crippen molar-refractivity contribution in [2.24, 2.45) is 7.05 Å². The van der Waals surface area contributed by atoms with Crippen LogP contribution in [0.1, 0.15) is 46.8 Å². The van der Waals surface area contributed by atoms with Crippen molar-refractivity contribution in [3.8, 4) is 0 Å². The van der Waals surface area contributed by atoms with Gasteiger partial charge in [0, 0.05) is 40.6 Å². The van der Waals surface area contributed by atoms with E-state index in [1.165, 1.54) is 40.3 Å². The van der Waals surface area contributed by atoms with E-state index in [1.807, 2.05) is 29.3 Å². The van der Waals surface area contributed by atoms with Gasteiger partial charge >= 0.3 is 0 Å². The molecule has 1 aliphatic carbocycles. The fourth-order valence-corrected chi connectivity index (χ4v) is 3.76. The molecule has 19 heavy (non-hydrogen) atoms. The molecule has 0 aliphatic heterocycles. The predicted octanol–water partition coefficient (Wildman–Crippen LogP) is 3.21. The lowest BCUT2D eigenvalue weighted by molar-refractivity contribution is 0.453. The van der Waals surface area contributed by atoms with Gasteiger partial charge in [0.15, 0.2) is 0 Å². The van der Waals surface area contributed by atoms with Gasteiger partial charge in [-0.1, -0.05) is 6.92 Å². The van der Waals surface area contributed by atoms with E-state index < -0.39 is 0 Å². The third kappa shape index (κ3) is 2.60. The van der Waals surface area contributed by atoms with Crippen molar-refractivity contribution in [3.05, 3.63) is 39.3 Å². The Balaban J connectivity index is 1.67. The maximum atomic E-state index is 4.40. The molecular weight excluding hydrogens is 254 g/mol. The number of fused-ring (bicyclic) bond motifs is 1. The van der Waals surface area contributed by atoms with Crippen LogP contribution in [0.3, 0.4) is 0 Å². The van der Waals surface area contributed by atoms with Gasteiger partial charge < -0.3 is 5.32 Å². The van der Waals surface area contributed by atoms with E-state index in [0.717, 1.165) is 13.0 Å². The number of rotatable bonds is 4. The van der Waals surface area contributed by atoms with E-state index in [1.54, 1.807) is 0 Å². The largest absolute Gasteiger partial charge is 0.305 e. The second-order valence-electron chi connectivity index (χ2n) is 5.22. The van der Waals surface area contributed by atoms with Crippen LogP contribution < -0.4 is 5.32 Å². The minimum atomic E-state index is 0.477. The van der Waals surface area contributed by atoms with E-state index in [0.29, 0.717) is 6.04 Å². The molecular formula is C15H21N3S. The molecule has 1 N–H and O–H groups in total. The second-order valence-corrected chi connectivity index (χ2v) is 6.47. The Morgan fingerprint density at radius 3 is 3.05 bits per heavy atom. The maximum Gasteiger partial charge on any atom is 0.0540 e. The first-order chi connectivity index (χ1) is 9.28. The smallest absolute Gasteiger partial charge is 0.0540 e. The molecule has 0 amide bonds. The molecule has 4 heteroatoms. The Morgan fingerprint density at radius 1 is 1.42 bits per heavy atom. The van der Waals surface area contributed by atoms with Gasteiger partial charge in [0.1, 0.15) is 0 Å². The molecule has 0 bridgehead atoms. The van der Waals surface area contributed by atoms with Gasteiger partial charge in [-0.2, -0.15) is 5.10 Å². The molecule has 0 saturated carbocycles. The van der Waals surface area contributed by atoms with Crippen molar-refractivity contribution in [2.75, 3.05) is 0 Å². The van der Waals surface area contributed by atoms with Crippen LogP contribution in [0, 0.1) is 0 Å². The summed E-state index contributed by atoms with van der Waals surface area (Å²) in [7, 11) is 2.05. The molecule has 2 aromatic heterocycles. The van der Waals surface area contributed by atoms with E-state index in [9.17, 15) is 0 Å². The number of aryl methyl sites for hydroxylation is 2. The first-order valence-corrected chi connectivity index (χ1v) is 7.91. The molecule has 2 aromatic rings. The molecule has 102 valence electrons. The van der Waals surface area contributed by atoms with E-state index >= 15 is 0 Å². The minimum Gasteiger partial charge on any atom is -0.305 e. The van der Waals surface area contributed by atoms with Crippen molar-refractivity contribution in [3.63, 3.8) is 0 Å². The number of nitrogens with one attached hydrogen (secondary N) is 1. The van der Waals surface area contributed by atoms with Crippen molar-refractivity contribution in [1.82, 2.24) is 15.1 Å². The predicted molar refractivity (Wildman–Crippen MR) is 79.4 cm³/mol. The van der Waals surface area contributed by atoms with Crippen molar-refractivity contribution in [1.29, 1.82) is 0 Å². The molecule has 0 fully saturated rings. The Morgan fingerprint density at radius 2 is 2.26 bits per heavy atom. The molecule has 1 atom stereocenters. The number of thiophene rings is 1. The van der Waals surface area contributed by atoms with Crippen LogP contribution in [0.25, 0.3) is 0 Å². The fourth-order valence-electron chi connectivity index (χ4n) is 2.85. The summed E-state index contributed by atoms with van der Waals surface area (Å²) >= 11 is 1.92. The highest BCUT2D eigenvalue weighted by molar-refractivity contribution is 7.11. The number of hydrogen-bond donors (Lipinski definition) is 1. The zero-order valence-electron chi connectivity index (χ0n) is 11.6. The Kier molecular flexibility index (Phi) is 3.71. The summed E-state index contributed by atoms with van der Waals surface area (Å²) in [4.78, 5) is 2.91. The summed E-state index contributed by atoms with van der Waals surface area (Å²) in [5.74, 6) is 0. The Bertz CT molecular complexity index is 555. The van der Waals surface area contributed by atoms with Gasteiger partial charge in [-0.25, -0.2) is 0 Å². The van der Waals surface area contributed by atoms with Gasteiger partial charge in [-0.15, -0.1) is 11.3 Å². The molecule has 3 nitrogen and oxygen atoms in total. The third-order valence-electron chi connectivity index (χ3n) is 3.96. The summed E-state index contributed by atoms with van der Waals surface area (Å²) in [5, 5.41) is 8.10. The third-order valence-corrected chi connectivity index (χ3v) is 5.19. The van der Waals surface area contributed by atoms with E-state index in [4.69, 9.17) is 0 Å². The number of aromatic nitrogens is 2. The molecule has 1 aliphatic rings. The molecule has 0 spiro atoms. The highest BCUT2D eigenvalue weighted by Crippen LogP contribution is 2.29. The van der Waals surface area contributed by atoms with Gasteiger partial charge in [0.25, 0.3) is 0 Å². The normalized spacial score (nSPS) is 18.5. The van der Waals surface area contributed by atoms with Crippen LogP contribution in [0.5, 0.6) is 0 Å². The van der Waals surface area contributed by atoms with Crippen LogP contribution in [0.15, 0.2) is 18.3 Å². The van der Waals surface area contributed by atoms with Gasteiger partial charge in [-0.05, 0) is 37.8 Å². The summed E-state index contributed by atoms with van der Waals surface area (Å²) in [6.45, 7) is 3.19. The van der Waals surface area contributed by atoms with E-state index in [2.05, 4.69) is 29.5 Å². The standard InChI is InChI=1S/C15H21N3S/c1-3-11-7-8-12(19-11)9-16-14-5-4-6-15-13(14)10-17-18(15)2/h7-8,10,14,16H,3-6,9H2,1-2H3. The number of nitrogens with zero attached hydrogens (tertiary/aromatic N) is 2. The van der Waals surface area contributed by atoms with Crippen LogP contribution >= 0.6 is 11.3 Å². The lowest BCUT2D eigenvalue weighted by Gasteiger charge is -2.23. The molecule has 3 rings (SSSR count). The quantitative estimate of drug-likeness (QED) is 0.928. The molecule has 2 heterocycles. The fraction of sp³-hybridized carbons (Fsp3) is 0.533. The van der Waals surface area contributed by atoms with E-state index in [-0.39, 0.29) is 0 Å². The zero-order valence-corrected chi connectivity index (χ0v) is 12.5. The maximum absolute atomic E-state index is 4.40. The summed E-state index contributed by atoms with van der Waals surface area (Å²) in [6.07, 6.45) is 6.83.